The Labute approximate surface area is 129 Å². The third-order valence-corrected chi connectivity index (χ3v) is 3.32. The second kappa shape index (κ2) is 7.11. The minimum atomic E-state index is -0.929. The highest BCUT2D eigenvalue weighted by atomic mass is 35.5. The van der Waals surface area contributed by atoms with E-state index in [9.17, 15) is 9.90 Å². The second-order valence-corrected chi connectivity index (χ2v) is 5.95. The Morgan fingerprint density at radius 3 is 2.35 bits per heavy atom. The number of benzene rings is 1. The fourth-order valence-corrected chi connectivity index (χ4v) is 2.27. The largest absolute Gasteiger partial charge is 0.389 e. The van der Waals surface area contributed by atoms with Crippen molar-refractivity contribution in [3.8, 4) is 0 Å². The van der Waals surface area contributed by atoms with Crippen LogP contribution in [0.5, 0.6) is 0 Å². The van der Waals surface area contributed by atoms with Crippen molar-refractivity contribution in [1.82, 2.24) is 4.90 Å². The van der Waals surface area contributed by atoms with Crippen LogP contribution in [0.3, 0.4) is 0 Å². The Morgan fingerprint density at radius 1 is 1.35 bits per heavy atom. The van der Waals surface area contributed by atoms with E-state index in [2.05, 4.69) is 0 Å². The average Bonchev–Trinajstić information content (AvgIpc) is 2.34. The second-order valence-electron chi connectivity index (χ2n) is 5.13. The van der Waals surface area contributed by atoms with Gasteiger partial charge in [-0.1, -0.05) is 29.3 Å². The van der Waals surface area contributed by atoms with E-state index >= 15 is 0 Å². The van der Waals surface area contributed by atoms with Crippen LogP contribution < -0.4 is 0 Å². The van der Waals surface area contributed by atoms with Crippen LogP contribution in [-0.4, -0.2) is 34.6 Å². The lowest BCUT2D eigenvalue weighted by Gasteiger charge is -2.27. The molecule has 1 amide bonds. The van der Waals surface area contributed by atoms with Gasteiger partial charge in [0.05, 0.1) is 5.60 Å². The maximum absolute atomic E-state index is 12.1. The summed E-state index contributed by atoms with van der Waals surface area (Å²) in [7, 11) is 0. The summed E-state index contributed by atoms with van der Waals surface area (Å²) in [5, 5.41) is 10.8. The number of likely N-dealkylation sites (N-methyl/N-ethyl adjacent to an activating group) is 1. The molecule has 0 atom stereocenters. The van der Waals surface area contributed by atoms with Crippen LogP contribution in [0.25, 0.3) is 6.08 Å². The Morgan fingerprint density at radius 2 is 1.90 bits per heavy atom. The summed E-state index contributed by atoms with van der Waals surface area (Å²) in [6, 6.07) is 5.18. The van der Waals surface area contributed by atoms with Gasteiger partial charge in [0.1, 0.15) is 0 Å². The number of carbonyl (C=O) groups excluding carboxylic acids is 1. The molecular formula is C15H19Cl2NO2. The van der Waals surface area contributed by atoms with Crippen LogP contribution >= 0.6 is 23.2 Å². The first-order chi connectivity index (χ1) is 9.24. The summed E-state index contributed by atoms with van der Waals surface area (Å²) in [4.78, 5) is 13.6. The molecule has 0 saturated heterocycles. The van der Waals surface area contributed by atoms with Crippen molar-refractivity contribution >= 4 is 35.2 Å². The highest BCUT2D eigenvalue weighted by Crippen LogP contribution is 2.25. The summed E-state index contributed by atoms with van der Waals surface area (Å²) in [6.07, 6.45) is 3.02. The molecule has 1 rings (SSSR count). The maximum Gasteiger partial charge on any atom is 0.246 e. The van der Waals surface area contributed by atoms with Crippen molar-refractivity contribution in [2.75, 3.05) is 13.1 Å². The van der Waals surface area contributed by atoms with E-state index < -0.39 is 5.60 Å². The number of hydrogen-bond acceptors (Lipinski definition) is 2. The topological polar surface area (TPSA) is 40.5 Å². The molecule has 0 heterocycles. The van der Waals surface area contributed by atoms with Crippen molar-refractivity contribution in [3.05, 3.63) is 39.9 Å². The van der Waals surface area contributed by atoms with Gasteiger partial charge in [-0.2, -0.15) is 0 Å². The van der Waals surface area contributed by atoms with Crippen molar-refractivity contribution < 1.29 is 9.90 Å². The van der Waals surface area contributed by atoms with Crippen LogP contribution in [0.1, 0.15) is 26.3 Å². The first-order valence-electron chi connectivity index (χ1n) is 6.38. The van der Waals surface area contributed by atoms with Crippen LogP contribution in [0.2, 0.25) is 10.0 Å². The standard InChI is InChI=1S/C15H19Cl2NO2/c1-4-18(10-15(2,3)20)14(19)9-8-11-12(16)6-5-7-13(11)17/h5-9,20H,4,10H2,1-3H3. The van der Waals surface area contributed by atoms with Gasteiger partial charge < -0.3 is 10.0 Å². The summed E-state index contributed by atoms with van der Waals surface area (Å²) < 4.78 is 0. The zero-order valence-corrected chi connectivity index (χ0v) is 13.4. The molecule has 1 aromatic carbocycles. The summed E-state index contributed by atoms with van der Waals surface area (Å²) in [5.74, 6) is -0.189. The molecule has 0 fully saturated rings. The molecule has 0 spiro atoms. The van der Waals surface area contributed by atoms with Gasteiger partial charge in [0, 0.05) is 34.8 Å². The quantitative estimate of drug-likeness (QED) is 0.843. The predicted octanol–water partition coefficient (Wildman–Crippen LogP) is 3.63. The molecule has 0 aliphatic carbocycles. The number of amides is 1. The molecule has 20 heavy (non-hydrogen) atoms. The van der Waals surface area contributed by atoms with E-state index in [1.54, 1.807) is 43.0 Å². The zero-order valence-electron chi connectivity index (χ0n) is 11.9. The van der Waals surface area contributed by atoms with E-state index in [-0.39, 0.29) is 12.5 Å². The first kappa shape index (κ1) is 17.0. The van der Waals surface area contributed by atoms with Crippen molar-refractivity contribution in [1.29, 1.82) is 0 Å². The molecule has 1 N–H and O–H groups in total. The van der Waals surface area contributed by atoms with E-state index in [0.717, 1.165) is 0 Å². The molecule has 5 heteroatoms. The molecule has 0 saturated carbocycles. The van der Waals surface area contributed by atoms with Gasteiger partial charge in [0.15, 0.2) is 0 Å². The maximum atomic E-state index is 12.1. The average molecular weight is 316 g/mol. The molecule has 0 aromatic heterocycles. The highest BCUT2D eigenvalue weighted by molar-refractivity contribution is 6.37. The van der Waals surface area contributed by atoms with Gasteiger partial charge in [-0.25, -0.2) is 0 Å². The number of hydrogen-bond donors (Lipinski definition) is 1. The molecule has 0 unspecified atom stereocenters. The molecule has 0 aliphatic rings. The SMILES string of the molecule is CCN(CC(C)(C)O)C(=O)C=Cc1c(Cl)cccc1Cl. The normalized spacial score (nSPS) is 11.9. The van der Waals surface area contributed by atoms with Crippen molar-refractivity contribution in [3.63, 3.8) is 0 Å². The fraction of sp³-hybridized carbons (Fsp3) is 0.400. The van der Waals surface area contributed by atoms with E-state index in [0.29, 0.717) is 22.2 Å². The molecule has 0 radical (unpaired) electrons. The number of halogens is 2. The third-order valence-electron chi connectivity index (χ3n) is 2.66. The minimum absolute atomic E-state index is 0.189. The Balaban J connectivity index is 2.86. The number of rotatable bonds is 5. The van der Waals surface area contributed by atoms with Crippen molar-refractivity contribution in [2.45, 2.75) is 26.4 Å². The molecule has 0 aliphatic heterocycles. The van der Waals surface area contributed by atoms with Crippen molar-refractivity contribution in [2.24, 2.45) is 0 Å². The Kier molecular flexibility index (Phi) is 6.06. The van der Waals surface area contributed by atoms with Gasteiger partial charge in [0.2, 0.25) is 5.91 Å². The molecular weight excluding hydrogens is 297 g/mol. The number of carbonyl (C=O) groups is 1. The van der Waals surface area contributed by atoms with Crippen LogP contribution in [-0.2, 0) is 4.79 Å². The van der Waals surface area contributed by atoms with Gasteiger partial charge in [-0.05, 0) is 39.0 Å². The minimum Gasteiger partial charge on any atom is -0.389 e. The first-order valence-corrected chi connectivity index (χ1v) is 7.13. The lowest BCUT2D eigenvalue weighted by Crippen LogP contribution is -2.41. The molecule has 110 valence electrons. The van der Waals surface area contributed by atoms with Gasteiger partial charge in [-0.15, -0.1) is 0 Å². The number of aliphatic hydroxyl groups is 1. The Bertz CT molecular complexity index is 487. The third kappa shape index (κ3) is 5.16. The summed E-state index contributed by atoms with van der Waals surface area (Å²) in [5.41, 5.74) is -0.315. The molecule has 0 bridgehead atoms. The number of nitrogens with zero attached hydrogens (tertiary/aromatic N) is 1. The van der Waals surface area contributed by atoms with Gasteiger partial charge >= 0.3 is 0 Å². The monoisotopic (exact) mass is 315 g/mol. The lowest BCUT2D eigenvalue weighted by molar-refractivity contribution is -0.128. The van der Waals surface area contributed by atoms with Gasteiger partial charge in [-0.3, -0.25) is 4.79 Å². The van der Waals surface area contributed by atoms with Crippen LogP contribution in [0.15, 0.2) is 24.3 Å². The van der Waals surface area contributed by atoms with E-state index in [1.165, 1.54) is 6.08 Å². The van der Waals surface area contributed by atoms with E-state index in [1.807, 2.05) is 6.92 Å². The van der Waals surface area contributed by atoms with Crippen LogP contribution in [0.4, 0.5) is 0 Å². The lowest BCUT2D eigenvalue weighted by atomic mass is 10.1. The fourth-order valence-electron chi connectivity index (χ4n) is 1.74. The van der Waals surface area contributed by atoms with Crippen LogP contribution in [0, 0.1) is 0 Å². The van der Waals surface area contributed by atoms with Gasteiger partial charge in [0.25, 0.3) is 0 Å². The molecule has 1 aromatic rings. The van der Waals surface area contributed by atoms with E-state index in [4.69, 9.17) is 23.2 Å². The smallest absolute Gasteiger partial charge is 0.246 e. The molecule has 3 nitrogen and oxygen atoms in total. The summed E-state index contributed by atoms with van der Waals surface area (Å²) in [6.45, 7) is 5.97. The summed E-state index contributed by atoms with van der Waals surface area (Å²) >= 11 is 12.1. The highest BCUT2D eigenvalue weighted by Gasteiger charge is 2.19. The zero-order chi connectivity index (χ0) is 15.3. The Hall–Kier alpha value is -1.03. The predicted molar refractivity (Wildman–Crippen MR) is 84.0 cm³/mol.